The first-order valence-electron chi connectivity index (χ1n) is 4.70. The molecule has 0 amide bonds. The Labute approximate surface area is 91.4 Å². The molecule has 1 heterocycles. The van der Waals surface area contributed by atoms with Gasteiger partial charge < -0.3 is 15.2 Å². The lowest BCUT2D eigenvalue weighted by Gasteiger charge is -2.15. The number of alkyl halides is 2. The van der Waals surface area contributed by atoms with Crippen molar-refractivity contribution in [3.63, 3.8) is 0 Å². The lowest BCUT2D eigenvalue weighted by molar-refractivity contribution is 0.0883. The van der Waals surface area contributed by atoms with Gasteiger partial charge in [0.15, 0.2) is 0 Å². The minimum Gasteiger partial charge on any atom is -0.495 e. The van der Waals surface area contributed by atoms with Gasteiger partial charge in [-0.25, -0.2) is 13.8 Å². The highest BCUT2D eigenvalue weighted by atomic mass is 19.3. The highest BCUT2D eigenvalue weighted by Gasteiger charge is 2.71. The molecule has 0 aromatic carbocycles. The van der Waals surface area contributed by atoms with Crippen molar-refractivity contribution in [3.05, 3.63) is 17.8 Å². The largest absolute Gasteiger partial charge is 0.495 e. The number of methoxy groups -OCH3 is 2. The molecule has 6 heteroatoms. The Balaban J connectivity index is 2.47. The molecular weight excluding hydrogens is 218 g/mol. The summed E-state index contributed by atoms with van der Waals surface area (Å²) in [6.45, 7) is 0. The fourth-order valence-electron chi connectivity index (χ4n) is 1.64. The molecule has 88 valence electrons. The van der Waals surface area contributed by atoms with Crippen molar-refractivity contribution in [2.45, 2.75) is 17.9 Å². The summed E-state index contributed by atoms with van der Waals surface area (Å²) in [4.78, 5) is 3.87. The molecule has 2 N–H and O–H groups in total. The van der Waals surface area contributed by atoms with Crippen LogP contribution in [0, 0.1) is 0 Å². The standard InChI is InChI=1S/C10H12F2N2O2/c1-15-7-4-14-8(16-2)3-6(7)9(13)5-10(9,11)12/h3-4H,5,13H2,1-2H3. The molecule has 1 aliphatic carbocycles. The van der Waals surface area contributed by atoms with Crippen molar-refractivity contribution in [2.24, 2.45) is 5.73 Å². The van der Waals surface area contributed by atoms with E-state index >= 15 is 0 Å². The van der Waals surface area contributed by atoms with Crippen LogP contribution < -0.4 is 15.2 Å². The van der Waals surface area contributed by atoms with Crippen molar-refractivity contribution < 1.29 is 18.3 Å². The fraction of sp³-hybridized carbons (Fsp3) is 0.500. The smallest absolute Gasteiger partial charge is 0.272 e. The summed E-state index contributed by atoms with van der Waals surface area (Å²) >= 11 is 0. The zero-order valence-electron chi connectivity index (χ0n) is 8.96. The van der Waals surface area contributed by atoms with Crippen LogP contribution in [0.5, 0.6) is 11.6 Å². The molecule has 4 nitrogen and oxygen atoms in total. The van der Waals surface area contributed by atoms with Gasteiger partial charge in [0.2, 0.25) is 5.88 Å². The minimum atomic E-state index is -2.90. The summed E-state index contributed by atoms with van der Waals surface area (Å²) in [5.74, 6) is -2.41. The second-order valence-electron chi connectivity index (χ2n) is 3.78. The van der Waals surface area contributed by atoms with Gasteiger partial charge in [-0.05, 0) is 0 Å². The third kappa shape index (κ3) is 1.41. The van der Waals surface area contributed by atoms with E-state index in [1.807, 2.05) is 0 Å². The Bertz CT molecular complexity index is 425. The molecule has 2 rings (SSSR count). The number of halogens is 2. The number of rotatable bonds is 3. The number of nitrogens with zero attached hydrogens (tertiary/aromatic N) is 1. The van der Waals surface area contributed by atoms with E-state index in [0.717, 1.165) is 0 Å². The Morgan fingerprint density at radius 3 is 2.44 bits per heavy atom. The summed E-state index contributed by atoms with van der Waals surface area (Å²) in [5.41, 5.74) is 4.20. The summed E-state index contributed by atoms with van der Waals surface area (Å²) in [7, 11) is 2.80. The van der Waals surface area contributed by atoms with Crippen LogP contribution in [0.2, 0.25) is 0 Å². The van der Waals surface area contributed by atoms with Crippen LogP contribution >= 0.6 is 0 Å². The molecule has 1 aromatic rings. The maximum absolute atomic E-state index is 13.2. The van der Waals surface area contributed by atoms with E-state index in [-0.39, 0.29) is 23.6 Å². The van der Waals surface area contributed by atoms with Gasteiger partial charge in [-0.15, -0.1) is 0 Å². The van der Waals surface area contributed by atoms with Crippen molar-refractivity contribution in [2.75, 3.05) is 14.2 Å². The number of aromatic nitrogens is 1. The molecule has 1 fully saturated rings. The second-order valence-corrected chi connectivity index (χ2v) is 3.78. The molecular formula is C10H12F2N2O2. The average molecular weight is 230 g/mol. The van der Waals surface area contributed by atoms with Gasteiger partial charge in [0.25, 0.3) is 5.92 Å². The van der Waals surface area contributed by atoms with Gasteiger partial charge in [0, 0.05) is 18.1 Å². The molecule has 1 aliphatic rings. The number of ether oxygens (including phenoxy) is 2. The lowest BCUT2D eigenvalue weighted by Crippen LogP contribution is -2.27. The highest BCUT2D eigenvalue weighted by Crippen LogP contribution is 2.59. The molecule has 0 saturated heterocycles. The van der Waals surface area contributed by atoms with Gasteiger partial charge in [-0.3, -0.25) is 0 Å². The predicted molar refractivity (Wildman–Crippen MR) is 52.8 cm³/mol. The first-order chi connectivity index (χ1) is 7.44. The van der Waals surface area contributed by atoms with Crippen LogP contribution in [0.25, 0.3) is 0 Å². The molecule has 16 heavy (non-hydrogen) atoms. The van der Waals surface area contributed by atoms with Crippen molar-refractivity contribution in [1.29, 1.82) is 0 Å². The molecule has 0 radical (unpaired) electrons. The van der Waals surface area contributed by atoms with E-state index in [2.05, 4.69) is 4.98 Å². The average Bonchev–Trinajstić information content (AvgIpc) is 2.78. The van der Waals surface area contributed by atoms with Gasteiger partial charge in [0.1, 0.15) is 11.3 Å². The van der Waals surface area contributed by atoms with Gasteiger partial charge in [-0.1, -0.05) is 0 Å². The van der Waals surface area contributed by atoms with Gasteiger partial charge >= 0.3 is 0 Å². The number of hydrogen-bond donors (Lipinski definition) is 1. The monoisotopic (exact) mass is 230 g/mol. The molecule has 1 aromatic heterocycles. The Morgan fingerprint density at radius 2 is 2.00 bits per heavy atom. The molecule has 1 atom stereocenters. The molecule has 0 bridgehead atoms. The van der Waals surface area contributed by atoms with E-state index < -0.39 is 11.5 Å². The normalized spacial score (nSPS) is 26.3. The zero-order chi connectivity index (χ0) is 12.0. The maximum Gasteiger partial charge on any atom is 0.272 e. The van der Waals surface area contributed by atoms with Crippen LogP contribution in [0.1, 0.15) is 12.0 Å². The quantitative estimate of drug-likeness (QED) is 0.850. The number of nitrogens with two attached hydrogens (primary N) is 1. The first kappa shape index (κ1) is 11.1. The van der Waals surface area contributed by atoms with Crippen LogP contribution in [-0.2, 0) is 5.54 Å². The minimum absolute atomic E-state index is 0.229. The van der Waals surface area contributed by atoms with E-state index in [1.165, 1.54) is 26.5 Å². The predicted octanol–water partition coefficient (Wildman–Crippen LogP) is 1.29. The Morgan fingerprint density at radius 1 is 1.38 bits per heavy atom. The Hall–Kier alpha value is -1.43. The van der Waals surface area contributed by atoms with Crippen LogP contribution in [0.3, 0.4) is 0 Å². The maximum atomic E-state index is 13.2. The molecule has 1 saturated carbocycles. The van der Waals surface area contributed by atoms with E-state index in [9.17, 15) is 8.78 Å². The third-order valence-corrected chi connectivity index (χ3v) is 2.78. The van der Waals surface area contributed by atoms with E-state index in [0.29, 0.717) is 0 Å². The molecule has 0 aliphatic heterocycles. The third-order valence-electron chi connectivity index (χ3n) is 2.78. The summed E-state index contributed by atoms with van der Waals surface area (Å²) in [6, 6.07) is 1.39. The van der Waals surface area contributed by atoms with Crippen LogP contribution in [-0.4, -0.2) is 25.1 Å². The highest BCUT2D eigenvalue weighted by molar-refractivity contribution is 5.46. The number of pyridine rings is 1. The zero-order valence-corrected chi connectivity index (χ0v) is 8.96. The first-order valence-corrected chi connectivity index (χ1v) is 4.70. The van der Waals surface area contributed by atoms with E-state index in [1.54, 1.807) is 0 Å². The number of hydrogen-bond acceptors (Lipinski definition) is 4. The summed E-state index contributed by atoms with van der Waals surface area (Å²) < 4.78 is 36.2. The topological polar surface area (TPSA) is 57.4 Å². The Kier molecular flexibility index (Phi) is 2.27. The van der Waals surface area contributed by atoms with Gasteiger partial charge in [0.05, 0.1) is 20.4 Å². The summed E-state index contributed by atoms with van der Waals surface area (Å²) in [5, 5.41) is 0. The lowest BCUT2D eigenvalue weighted by atomic mass is 10.1. The van der Waals surface area contributed by atoms with Crippen LogP contribution in [0.15, 0.2) is 12.3 Å². The fourth-order valence-corrected chi connectivity index (χ4v) is 1.64. The van der Waals surface area contributed by atoms with Crippen molar-refractivity contribution >= 4 is 0 Å². The van der Waals surface area contributed by atoms with Crippen molar-refractivity contribution in [1.82, 2.24) is 4.98 Å². The van der Waals surface area contributed by atoms with Gasteiger partial charge in [-0.2, -0.15) is 0 Å². The SMILES string of the molecule is COc1cc(C2(N)CC2(F)F)c(OC)cn1. The summed E-state index contributed by atoms with van der Waals surface area (Å²) in [6.07, 6.45) is 0.945. The molecule has 1 unspecified atom stereocenters. The van der Waals surface area contributed by atoms with E-state index in [4.69, 9.17) is 15.2 Å². The molecule has 0 spiro atoms. The van der Waals surface area contributed by atoms with Crippen LogP contribution in [0.4, 0.5) is 8.78 Å². The second kappa shape index (κ2) is 3.28. The van der Waals surface area contributed by atoms with Crippen molar-refractivity contribution in [3.8, 4) is 11.6 Å².